The van der Waals surface area contributed by atoms with E-state index < -0.39 is 0 Å². The average molecular weight is 399 g/mol. The second kappa shape index (κ2) is 5.64. The zero-order chi connectivity index (χ0) is 20.3. The van der Waals surface area contributed by atoms with Gasteiger partial charge in [0.15, 0.2) is 0 Å². The normalized spacial score (nSPS) is 59.8. The highest BCUT2D eigenvalue weighted by molar-refractivity contribution is 5.21. The van der Waals surface area contributed by atoms with Crippen LogP contribution in [0.15, 0.2) is 0 Å². The van der Waals surface area contributed by atoms with Gasteiger partial charge in [-0.1, -0.05) is 27.7 Å². The molecule has 0 aromatic heterocycles. The Labute approximate surface area is 179 Å². The number of rotatable bonds is 5. The summed E-state index contributed by atoms with van der Waals surface area (Å²) in [7, 11) is 0. The lowest BCUT2D eigenvalue weighted by molar-refractivity contribution is -0.234. The number of nitrogens with two attached hydrogens (primary N) is 1. The molecule has 0 aromatic carbocycles. The molecule has 8 rings (SSSR count). The standard InChI is InChI=1S/C27H46N2/c1-22-8-20-9-23(2,14-22)17-26(12-20,16-22)29(7-5-6-28)27-13-21-10-24(3,18-27)15-25(4,11-21)19-27/h20-21H,5-19,28H2,1-4H3. The molecule has 8 fully saturated rings. The van der Waals surface area contributed by atoms with Crippen LogP contribution < -0.4 is 5.73 Å². The first-order chi connectivity index (χ1) is 13.5. The van der Waals surface area contributed by atoms with Crippen molar-refractivity contribution in [2.75, 3.05) is 13.1 Å². The number of hydrogen-bond acceptors (Lipinski definition) is 2. The fourth-order valence-electron chi connectivity index (χ4n) is 12.6. The lowest BCUT2D eigenvalue weighted by atomic mass is 9.39. The Hall–Kier alpha value is -0.0800. The molecule has 0 aromatic rings. The van der Waals surface area contributed by atoms with Crippen molar-refractivity contribution < 1.29 is 0 Å². The second-order valence-electron chi connectivity index (χ2n) is 15.0. The zero-order valence-corrected chi connectivity index (χ0v) is 19.8. The lowest BCUT2D eigenvalue weighted by Gasteiger charge is -2.74. The van der Waals surface area contributed by atoms with E-state index in [1.807, 2.05) is 0 Å². The Bertz CT molecular complexity index is 619. The lowest BCUT2D eigenvalue weighted by Crippen LogP contribution is -2.74. The van der Waals surface area contributed by atoms with E-state index in [9.17, 15) is 0 Å². The average Bonchev–Trinajstić information content (AvgIpc) is 2.47. The first-order valence-electron chi connectivity index (χ1n) is 13.0. The van der Waals surface area contributed by atoms with Crippen LogP contribution in [-0.2, 0) is 0 Å². The highest BCUT2D eigenvalue weighted by Gasteiger charge is 2.68. The summed E-state index contributed by atoms with van der Waals surface area (Å²) in [6, 6.07) is 0. The number of nitrogens with zero attached hydrogens (tertiary/aromatic N) is 1. The smallest absolute Gasteiger partial charge is 0.0228 e. The molecule has 4 unspecified atom stereocenters. The summed E-state index contributed by atoms with van der Waals surface area (Å²) in [5, 5.41) is 0. The van der Waals surface area contributed by atoms with Crippen molar-refractivity contribution in [2.24, 2.45) is 39.2 Å². The van der Waals surface area contributed by atoms with Gasteiger partial charge in [0.2, 0.25) is 0 Å². The van der Waals surface area contributed by atoms with E-state index in [0.29, 0.717) is 32.7 Å². The largest absolute Gasteiger partial charge is 0.330 e. The molecule has 2 N–H and O–H groups in total. The molecule has 0 amide bonds. The van der Waals surface area contributed by atoms with E-state index >= 15 is 0 Å². The molecule has 164 valence electrons. The minimum atomic E-state index is 0.483. The third kappa shape index (κ3) is 2.80. The molecule has 0 spiro atoms. The van der Waals surface area contributed by atoms with Gasteiger partial charge in [0.1, 0.15) is 0 Å². The van der Waals surface area contributed by atoms with Crippen LogP contribution in [0.2, 0.25) is 0 Å². The summed E-state index contributed by atoms with van der Waals surface area (Å²) in [5.74, 6) is 1.98. The maximum absolute atomic E-state index is 6.14. The van der Waals surface area contributed by atoms with E-state index in [-0.39, 0.29) is 0 Å². The van der Waals surface area contributed by atoms with E-state index in [2.05, 4.69) is 32.6 Å². The van der Waals surface area contributed by atoms with Crippen molar-refractivity contribution >= 4 is 0 Å². The molecule has 8 aliphatic carbocycles. The van der Waals surface area contributed by atoms with Gasteiger partial charge in [-0.2, -0.15) is 0 Å². The van der Waals surface area contributed by atoms with Crippen molar-refractivity contribution in [3.63, 3.8) is 0 Å². The predicted molar refractivity (Wildman–Crippen MR) is 121 cm³/mol. The molecule has 0 aliphatic heterocycles. The van der Waals surface area contributed by atoms with Crippen molar-refractivity contribution in [3.8, 4) is 0 Å². The Morgan fingerprint density at radius 1 is 0.621 bits per heavy atom. The SMILES string of the molecule is CC12CC3CC(C)(C1)CC(N(CCCN)C14CC5CC(C)(CC(C)(C5)C1)C4)(C3)C2. The molecule has 8 saturated carbocycles. The maximum atomic E-state index is 6.14. The summed E-state index contributed by atoms with van der Waals surface area (Å²) in [6.45, 7) is 12.8. The molecular formula is C27H46N2. The van der Waals surface area contributed by atoms with E-state index in [1.54, 1.807) is 0 Å². The highest BCUT2D eigenvalue weighted by atomic mass is 15.3. The first-order valence-corrected chi connectivity index (χ1v) is 13.0. The van der Waals surface area contributed by atoms with Crippen molar-refractivity contribution in [1.29, 1.82) is 0 Å². The van der Waals surface area contributed by atoms with Crippen LogP contribution in [0.25, 0.3) is 0 Å². The van der Waals surface area contributed by atoms with E-state index in [0.717, 1.165) is 18.4 Å². The Balaban J connectivity index is 1.43. The fraction of sp³-hybridized carbons (Fsp3) is 1.00. The van der Waals surface area contributed by atoms with Gasteiger partial charge in [0.05, 0.1) is 0 Å². The molecule has 4 atom stereocenters. The molecule has 8 aliphatic rings. The van der Waals surface area contributed by atoms with E-state index in [1.165, 1.54) is 90.0 Å². The Kier molecular flexibility index (Phi) is 3.81. The summed E-state index contributed by atoms with van der Waals surface area (Å²) >= 11 is 0. The zero-order valence-electron chi connectivity index (χ0n) is 19.8. The summed E-state index contributed by atoms with van der Waals surface area (Å²) in [4.78, 5) is 3.23. The van der Waals surface area contributed by atoms with E-state index in [4.69, 9.17) is 5.73 Å². The molecule has 2 nitrogen and oxygen atoms in total. The van der Waals surface area contributed by atoms with Crippen molar-refractivity contribution in [2.45, 2.75) is 122 Å². The molecule has 2 heteroatoms. The minimum Gasteiger partial charge on any atom is -0.330 e. The van der Waals surface area contributed by atoms with Gasteiger partial charge >= 0.3 is 0 Å². The fourth-order valence-corrected chi connectivity index (χ4v) is 12.6. The van der Waals surface area contributed by atoms with Gasteiger partial charge in [-0.3, -0.25) is 4.90 Å². The van der Waals surface area contributed by atoms with Crippen LogP contribution in [0.5, 0.6) is 0 Å². The molecule has 0 saturated heterocycles. The van der Waals surface area contributed by atoms with Gasteiger partial charge in [-0.05, 0) is 124 Å². The third-order valence-electron chi connectivity index (χ3n) is 10.9. The Morgan fingerprint density at radius 3 is 1.31 bits per heavy atom. The Morgan fingerprint density at radius 2 is 1.00 bits per heavy atom. The van der Waals surface area contributed by atoms with Crippen LogP contribution in [0.3, 0.4) is 0 Å². The summed E-state index contributed by atoms with van der Waals surface area (Å²) < 4.78 is 0. The molecular weight excluding hydrogens is 352 g/mol. The van der Waals surface area contributed by atoms with Gasteiger partial charge in [0, 0.05) is 17.6 Å². The van der Waals surface area contributed by atoms with Crippen LogP contribution >= 0.6 is 0 Å². The monoisotopic (exact) mass is 398 g/mol. The summed E-state index contributed by atoms with van der Waals surface area (Å²) in [6.07, 6.45) is 19.2. The van der Waals surface area contributed by atoms with Gasteiger partial charge < -0.3 is 5.73 Å². The molecule has 29 heavy (non-hydrogen) atoms. The molecule has 0 heterocycles. The molecule has 8 bridgehead atoms. The predicted octanol–water partition coefficient (Wildman–Crippen LogP) is 6.14. The van der Waals surface area contributed by atoms with Gasteiger partial charge in [0.25, 0.3) is 0 Å². The van der Waals surface area contributed by atoms with Crippen LogP contribution in [0.4, 0.5) is 0 Å². The second-order valence-corrected chi connectivity index (χ2v) is 15.0. The van der Waals surface area contributed by atoms with Crippen LogP contribution in [-0.4, -0.2) is 29.1 Å². The summed E-state index contributed by atoms with van der Waals surface area (Å²) in [5.41, 5.74) is 9.51. The minimum absolute atomic E-state index is 0.483. The van der Waals surface area contributed by atoms with Gasteiger partial charge in [-0.15, -0.1) is 0 Å². The van der Waals surface area contributed by atoms with Crippen LogP contribution in [0.1, 0.15) is 111 Å². The van der Waals surface area contributed by atoms with Crippen molar-refractivity contribution in [3.05, 3.63) is 0 Å². The first kappa shape index (κ1) is 19.6. The number of hydrogen-bond donors (Lipinski definition) is 1. The maximum Gasteiger partial charge on any atom is 0.0228 e. The third-order valence-corrected chi connectivity index (χ3v) is 10.9. The quantitative estimate of drug-likeness (QED) is 0.603. The van der Waals surface area contributed by atoms with Gasteiger partial charge in [-0.25, -0.2) is 0 Å². The highest BCUT2D eigenvalue weighted by Crippen LogP contribution is 2.72. The van der Waals surface area contributed by atoms with Crippen molar-refractivity contribution in [1.82, 2.24) is 4.90 Å². The topological polar surface area (TPSA) is 29.3 Å². The molecule has 0 radical (unpaired) electrons. The van der Waals surface area contributed by atoms with Crippen LogP contribution in [0, 0.1) is 33.5 Å².